The van der Waals surface area contributed by atoms with Crippen LogP contribution in [0.25, 0.3) is 32.3 Å². The molecule has 0 saturated carbocycles. The molecule has 0 unspecified atom stereocenters. The quantitative estimate of drug-likeness (QED) is 0.293. The first kappa shape index (κ1) is 16.3. The monoisotopic (exact) mass is 292 g/mol. The second kappa shape index (κ2) is 7.77. The normalized spacial score (nSPS) is 9.82. The zero-order chi connectivity index (χ0) is 15.9. The molecule has 0 bridgehead atoms. The van der Waals surface area contributed by atoms with E-state index in [1.54, 1.807) is 0 Å². The Bertz CT molecular complexity index is 719. The van der Waals surface area contributed by atoms with Crippen LogP contribution in [0.1, 0.15) is 0 Å². The largest absolute Gasteiger partial charge is 0.482 e. The molecule has 0 saturated heterocycles. The van der Waals surface area contributed by atoms with Gasteiger partial charge in [0.2, 0.25) is 0 Å². The summed E-state index contributed by atoms with van der Waals surface area (Å²) in [6, 6.07) is 21.9. The van der Waals surface area contributed by atoms with Crippen molar-refractivity contribution in [3.8, 4) is 0 Å². The minimum absolute atomic E-state index is 0. The van der Waals surface area contributed by atoms with Gasteiger partial charge in [-0.25, -0.2) is 0 Å². The summed E-state index contributed by atoms with van der Waals surface area (Å²) in [6.07, 6.45) is 0. The van der Waals surface area contributed by atoms with Crippen molar-refractivity contribution in [2.24, 2.45) is 0 Å². The van der Waals surface area contributed by atoms with Crippen LogP contribution in [0.15, 0.2) is 60.7 Å². The SMILES string of the molecule is O[B]O.O[B]O.c1cc2ccc3cccc4ccc(c1)c2c34. The number of hydrogen-bond acceptors (Lipinski definition) is 4. The van der Waals surface area contributed by atoms with Gasteiger partial charge in [-0.1, -0.05) is 60.7 Å². The summed E-state index contributed by atoms with van der Waals surface area (Å²) in [5.41, 5.74) is 0. The lowest BCUT2D eigenvalue weighted by Gasteiger charge is -2.09. The molecule has 0 heterocycles. The molecule has 0 atom stereocenters. The summed E-state index contributed by atoms with van der Waals surface area (Å²) in [5.74, 6) is 0. The lowest BCUT2D eigenvalue weighted by Crippen LogP contribution is -1.82. The Morgan fingerprint density at radius 1 is 0.455 bits per heavy atom. The van der Waals surface area contributed by atoms with E-state index in [0.29, 0.717) is 0 Å². The molecular weight excluding hydrogens is 278 g/mol. The highest BCUT2D eigenvalue weighted by Crippen LogP contribution is 2.33. The van der Waals surface area contributed by atoms with E-state index < -0.39 is 0 Å². The maximum absolute atomic E-state index is 7.00. The summed E-state index contributed by atoms with van der Waals surface area (Å²) < 4.78 is 0. The summed E-state index contributed by atoms with van der Waals surface area (Å²) in [4.78, 5) is 0. The van der Waals surface area contributed by atoms with Crippen molar-refractivity contribution in [1.82, 2.24) is 0 Å². The van der Waals surface area contributed by atoms with E-state index in [1.807, 2.05) is 0 Å². The van der Waals surface area contributed by atoms with Gasteiger partial charge in [-0.15, -0.1) is 0 Å². The van der Waals surface area contributed by atoms with Crippen LogP contribution in [0.2, 0.25) is 0 Å². The fraction of sp³-hybridized carbons (Fsp3) is 0. The van der Waals surface area contributed by atoms with Crippen LogP contribution in [0.3, 0.4) is 0 Å². The molecule has 6 heteroatoms. The van der Waals surface area contributed by atoms with Crippen LogP contribution in [0, 0.1) is 0 Å². The molecule has 4 aromatic carbocycles. The molecule has 2 radical (unpaired) electrons. The van der Waals surface area contributed by atoms with E-state index in [2.05, 4.69) is 60.7 Å². The Hall–Kier alpha value is -2.11. The third kappa shape index (κ3) is 3.21. The van der Waals surface area contributed by atoms with E-state index >= 15 is 0 Å². The lowest BCUT2D eigenvalue weighted by molar-refractivity contribution is 0.447. The first-order chi connectivity index (χ1) is 10.8. The van der Waals surface area contributed by atoms with Gasteiger partial charge in [0.25, 0.3) is 0 Å². The van der Waals surface area contributed by atoms with Gasteiger partial charge in [-0.05, 0) is 32.3 Å². The second-order valence-electron chi connectivity index (χ2n) is 4.52. The predicted octanol–water partition coefficient (Wildman–Crippen LogP) is 1.59. The van der Waals surface area contributed by atoms with Crippen LogP contribution in [-0.2, 0) is 0 Å². The maximum atomic E-state index is 7.00. The van der Waals surface area contributed by atoms with Gasteiger partial charge in [0.05, 0.1) is 0 Å². The van der Waals surface area contributed by atoms with E-state index in [0.717, 1.165) is 0 Å². The Labute approximate surface area is 129 Å². The molecule has 0 spiro atoms. The Morgan fingerprint density at radius 3 is 0.909 bits per heavy atom. The minimum atomic E-state index is 0. The highest BCUT2D eigenvalue weighted by molar-refractivity contribution is 6.22. The van der Waals surface area contributed by atoms with Crippen LogP contribution in [0.5, 0.6) is 0 Å². The van der Waals surface area contributed by atoms with Crippen molar-refractivity contribution in [3.05, 3.63) is 60.7 Å². The second-order valence-corrected chi connectivity index (χ2v) is 4.52. The van der Waals surface area contributed by atoms with E-state index in [4.69, 9.17) is 20.1 Å². The van der Waals surface area contributed by atoms with Gasteiger partial charge < -0.3 is 20.1 Å². The van der Waals surface area contributed by atoms with Gasteiger partial charge >= 0.3 is 15.4 Å². The predicted molar refractivity (Wildman–Crippen MR) is 90.5 cm³/mol. The third-order valence-corrected chi connectivity index (χ3v) is 3.39. The molecule has 108 valence electrons. The molecular formula is C16H14B2O4. The first-order valence-electron chi connectivity index (χ1n) is 6.59. The fourth-order valence-corrected chi connectivity index (χ4v) is 2.67. The zero-order valence-corrected chi connectivity index (χ0v) is 11.7. The van der Waals surface area contributed by atoms with Crippen molar-refractivity contribution in [3.63, 3.8) is 0 Å². The fourth-order valence-electron chi connectivity index (χ4n) is 2.67. The summed E-state index contributed by atoms with van der Waals surface area (Å²) in [7, 11) is 0. The smallest absolute Gasteiger partial charge is 0.429 e. The van der Waals surface area contributed by atoms with E-state index in [9.17, 15) is 0 Å². The molecule has 0 fully saturated rings. The molecule has 4 rings (SSSR count). The van der Waals surface area contributed by atoms with Crippen molar-refractivity contribution < 1.29 is 20.1 Å². The number of hydrogen-bond donors (Lipinski definition) is 4. The summed E-state index contributed by atoms with van der Waals surface area (Å²) >= 11 is 0. The molecule has 22 heavy (non-hydrogen) atoms. The molecule has 4 nitrogen and oxygen atoms in total. The summed E-state index contributed by atoms with van der Waals surface area (Å²) in [6.45, 7) is 0. The number of benzene rings is 4. The Balaban J connectivity index is 0.000000259. The third-order valence-electron chi connectivity index (χ3n) is 3.39. The van der Waals surface area contributed by atoms with Gasteiger partial charge in [0, 0.05) is 0 Å². The van der Waals surface area contributed by atoms with Crippen molar-refractivity contribution >= 4 is 47.7 Å². The van der Waals surface area contributed by atoms with Crippen molar-refractivity contribution in [2.45, 2.75) is 0 Å². The molecule has 0 aliphatic carbocycles. The number of rotatable bonds is 0. The lowest BCUT2D eigenvalue weighted by atomic mass is 9.95. The van der Waals surface area contributed by atoms with Gasteiger partial charge in [-0.3, -0.25) is 0 Å². The van der Waals surface area contributed by atoms with E-state index in [1.165, 1.54) is 32.3 Å². The van der Waals surface area contributed by atoms with E-state index in [-0.39, 0.29) is 15.4 Å². The van der Waals surface area contributed by atoms with Gasteiger partial charge in [0.1, 0.15) is 0 Å². The molecule has 0 aromatic heterocycles. The van der Waals surface area contributed by atoms with Crippen LogP contribution < -0.4 is 0 Å². The van der Waals surface area contributed by atoms with Crippen molar-refractivity contribution in [2.75, 3.05) is 0 Å². The molecule has 4 aromatic rings. The first-order valence-corrected chi connectivity index (χ1v) is 6.59. The standard InChI is InChI=1S/C16H10.2BH2O2/c1-3-11-7-9-13-5-2-6-14-10-8-12(4-1)15(11)16(13)14;2*2-1-3/h1-10H;2*2-3H. The molecule has 0 aliphatic heterocycles. The van der Waals surface area contributed by atoms with Gasteiger partial charge in [0.15, 0.2) is 0 Å². The highest BCUT2D eigenvalue weighted by Gasteiger charge is 2.05. The Kier molecular flexibility index (Phi) is 5.75. The zero-order valence-electron chi connectivity index (χ0n) is 11.7. The topological polar surface area (TPSA) is 80.9 Å². The van der Waals surface area contributed by atoms with Gasteiger partial charge in [-0.2, -0.15) is 0 Å². The molecule has 4 N–H and O–H groups in total. The van der Waals surface area contributed by atoms with Crippen LogP contribution >= 0.6 is 0 Å². The highest BCUT2D eigenvalue weighted by atomic mass is 16.4. The van der Waals surface area contributed by atoms with Crippen LogP contribution in [-0.4, -0.2) is 35.5 Å². The molecule has 0 amide bonds. The maximum Gasteiger partial charge on any atom is 0.482 e. The average molecular weight is 292 g/mol. The summed E-state index contributed by atoms with van der Waals surface area (Å²) in [5, 5.41) is 36.1. The molecule has 0 aliphatic rings. The van der Waals surface area contributed by atoms with Crippen molar-refractivity contribution in [1.29, 1.82) is 0 Å². The minimum Gasteiger partial charge on any atom is -0.429 e. The average Bonchev–Trinajstić information content (AvgIpc) is 2.54. The van der Waals surface area contributed by atoms with Crippen LogP contribution in [0.4, 0.5) is 0 Å². The Morgan fingerprint density at radius 2 is 0.682 bits per heavy atom.